The summed E-state index contributed by atoms with van der Waals surface area (Å²) in [5, 5.41) is 12.1. The van der Waals surface area contributed by atoms with Crippen LogP contribution in [0, 0.1) is 0 Å². The number of rotatable bonds is 5. The molecule has 0 atom stereocenters. The van der Waals surface area contributed by atoms with Crippen molar-refractivity contribution in [3.63, 3.8) is 0 Å². The van der Waals surface area contributed by atoms with Crippen LogP contribution >= 0.6 is 35.0 Å². The van der Waals surface area contributed by atoms with Crippen LogP contribution in [0.25, 0.3) is 0 Å². The summed E-state index contributed by atoms with van der Waals surface area (Å²) in [5.41, 5.74) is 0.417. The molecule has 0 aliphatic heterocycles. The zero-order valence-electron chi connectivity index (χ0n) is 12.9. The largest absolute Gasteiger partial charge is 0.416 e. The van der Waals surface area contributed by atoms with Gasteiger partial charge in [0, 0.05) is 5.92 Å². The highest BCUT2D eigenvalue weighted by molar-refractivity contribution is 7.99. The maximum absolute atomic E-state index is 12.1. The lowest BCUT2D eigenvalue weighted by molar-refractivity contribution is -0.113. The van der Waals surface area contributed by atoms with Crippen molar-refractivity contribution in [3.8, 4) is 0 Å². The summed E-state index contributed by atoms with van der Waals surface area (Å²) in [7, 11) is 0. The second-order valence-corrected chi connectivity index (χ2v) is 7.42. The third-order valence-corrected chi connectivity index (χ3v) is 5.38. The van der Waals surface area contributed by atoms with Crippen LogP contribution in [-0.4, -0.2) is 21.9 Å². The molecule has 0 bridgehead atoms. The van der Waals surface area contributed by atoms with Gasteiger partial charge in [-0.15, -0.1) is 10.2 Å². The molecule has 8 heteroatoms. The molecule has 1 heterocycles. The molecule has 3 rings (SSSR count). The predicted octanol–water partition coefficient (Wildman–Crippen LogP) is 5.15. The fraction of sp³-hybridized carbons (Fsp3) is 0.438. The predicted molar refractivity (Wildman–Crippen MR) is 95.9 cm³/mol. The number of aromatic nitrogens is 2. The van der Waals surface area contributed by atoms with Crippen molar-refractivity contribution < 1.29 is 9.21 Å². The monoisotopic (exact) mass is 385 g/mol. The van der Waals surface area contributed by atoms with E-state index in [1.807, 2.05) is 0 Å². The quantitative estimate of drug-likeness (QED) is 0.720. The summed E-state index contributed by atoms with van der Waals surface area (Å²) in [6.45, 7) is 0. The Hall–Kier alpha value is -1.24. The molecule has 0 unspecified atom stereocenters. The van der Waals surface area contributed by atoms with Gasteiger partial charge in [-0.2, -0.15) is 0 Å². The summed E-state index contributed by atoms with van der Waals surface area (Å²) in [4.78, 5) is 12.1. The highest BCUT2D eigenvalue weighted by Crippen LogP contribution is 2.33. The average molecular weight is 386 g/mol. The topological polar surface area (TPSA) is 68.0 Å². The molecule has 1 saturated carbocycles. The van der Waals surface area contributed by atoms with E-state index in [0.717, 1.165) is 12.8 Å². The second kappa shape index (κ2) is 8.23. The SMILES string of the molecule is O=C(CSc1nnc(C2CCCCC2)o1)Nc1c(Cl)cccc1Cl. The van der Waals surface area contributed by atoms with E-state index in [0.29, 0.717) is 32.8 Å². The Morgan fingerprint density at radius 1 is 1.21 bits per heavy atom. The molecule has 1 N–H and O–H groups in total. The molecule has 0 spiro atoms. The first-order chi connectivity index (χ1) is 11.6. The summed E-state index contributed by atoms with van der Waals surface area (Å²) in [6.07, 6.45) is 5.87. The molecule has 1 amide bonds. The first-order valence-electron chi connectivity index (χ1n) is 7.83. The summed E-state index contributed by atoms with van der Waals surface area (Å²) >= 11 is 13.3. The van der Waals surface area contributed by atoms with Gasteiger partial charge in [0.1, 0.15) is 0 Å². The van der Waals surface area contributed by atoms with Crippen molar-refractivity contribution >= 4 is 46.6 Å². The molecular formula is C16H17Cl2N3O2S. The Balaban J connectivity index is 1.54. The van der Waals surface area contributed by atoms with Gasteiger partial charge in [-0.05, 0) is 25.0 Å². The molecule has 0 saturated heterocycles. The van der Waals surface area contributed by atoms with Gasteiger partial charge >= 0.3 is 0 Å². The standard InChI is InChI=1S/C16H17Cl2N3O2S/c17-11-7-4-8-12(18)14(11)19-13(22)9-24-16-21-20-15(23-16)10-5-2-1-3-6-10/h4,7-8,10H,1-3,5-6,9H2,(H,19,22). The molecule has 1 aliphatic rings. The molecule has 128 valence electrons. The highest BCUT2D eigenvalue weighted by atomic mass is 35.5. The van der Waals surface area contributed by atoms with Gasteiger partial charge in [0.25, 0.3) is 5.22 Å². The molecule has 1 aliphatic carbocycles. The van der Waals surface area contributed by atoms with E-state index in [9.17, 15) is 4.79 Å². The summed E-state index contributed by atoms with van der Waals surface area (Å²) in [5.74, 6) is 0.962. The van der Waals surface area contributed by atoms with Gasteiger partial charge < -0.3 is 9.73 Å². The highest BCUT2D eigenvalue weighted by Gasteiger charge is 2.21. The van der Waals surface area contributed by atoms with Gasteiger partial charge in [0.2, 0.25) is 11.8 Å². The van der Waals surface area contributed by atoms with Crippen LogP contribution in [0.15, 0.2) is 27.8 Å². The third-order valence-electron chi connectivity index (χ3n) is 3.93. The number of para-hydroxylation sites is 1. The minimum Gasteiger partial charge on any atom is -0.416 e. The van der Waals surface area contributed by atoms with E-state index in [1.165, 1.54) is 31.0 Å². The van der Waals surface area contributed by atoms with Crippen LogP contribution in [0.5, 0.6) is 0 Å². The number of carbonyl (C=O) groups is 1. The van der Waals surface area contributed by atoms with E-state index >= 15 is 0 Å². The van der Waals surface area contributed by atoms with Gasteiger partial charge in [-0.1, -0.05) is 60.3 Å². The Labute approximate surface area is 154 Å². The Bertz CT molecular complexity index is 697. The fourth-order valence-electron chi connectivity index (χ4n) is 2.71. The number of nitrogens with zero attached hydrogens (tertiary/aromatic N) is 2. The minimum absolute atomic E-state index is 0.147. The molecule has 1 fully saturated rings. The van der Waals surface area contributed by atoms with E-state index in [2.05, 4.69) is 15.5 Å². The van der Waals surface area contributed by atoms with Crippen LogP contribution in [0.4, 0.5) is 5.69 Å². The lowest BCUT2D eigenvalue weighted by Crippen LogP contribution is -2.14. The van der Waals surface area contributed by atoms with Crippen LogP contribution in [-0.2, 0) is 4.79 Å². The normalized spacial score (nSPS) is 15.4. The van der Waals surface area contributed by atoms with Crippen LogP contribution in [0.1, 0.15) is 43.9 Å². The fourth-order valence-corrected chi connectivity index (χ4v) is 3.77. The van der Waals surface area contributed by atoms with E-state index in [-0.39, 0.29) is 11.7 Å². The summed E-state index contributed by atoms with van der Waals surface area (Å²) in [6, 6.07) is 5.07. The van der Waals surface area contributed by atoms with Crippen molar-refractivity contribution in [2.75, 3.05) is 11.1 Å². The Morgan fingerprint density at radius 3 is 2.62 bits per heavy atom. The van der Waals surface area contributed by atoms with Crippen molar-refractivity contribution in [1.29, 1.82) is 0 Å². The molecule has 0 radical (unpaired) electrons. The van der Waals surface area contributed by atoms with Crippen LogP contribution in [0.3, 0.4) is 0 Å². The number of carbonyl (C=O) groups excluding carboxylic acids is 1. The van der Waals surface area contributed by atoms with E-state index in [1.54, 1.807) is 18.2 Å². The first kappa shape index (κ1) is 17.6. The Kier molecular flexibility index (Phi) is 6.03. The van der Waals surface area contributed by atoms with Gasteiger partial charge in [0.05, 0.1) is 21.5 Å². The maximum atomic E-state index is 12.1. The van der Waals surface area contributed by atoms with Gasteiger partial charge in [0.15, 0.2) is 0 Å². The van der Waals surface area contributed by atoms with E-state index < -0.39 is 0 Å². The smallest absolute Gasteiger partial charge is 0.277 e. The Morgan fingerprint density at radius 2 is 1.92 bits per heavy atom. The number of hydrogen-bond donors (Lipinski definition) is 1. The third kappa shape index (κ3) is 4.43. The number of nitrogens with one attached hydrogen (secondary N) is 1. The number of thioether (sulfide) groups is 1. The van der Waals surface area contributed by atoms with E-state index in [4.69, 9.17) is 27.6 Å². The number of anilines is 1. The molecular weight excluding hydrogens is 369 g/mol. The zero-order chi connectivity index (χ0) is 16.9. The van der Waals surface area contributed by atoms with Crippen molar-refractivity contribution in [3.05, 3.63) is 34.1 Å². The lowest BCUT2D eigenvalue weighted by atomic mass is 9.89. The number of benzene rings is 1. The number of halogens is 2. The van der Waals surface area contributed by atoms with Gasteiger partial charge in [-0.3, -0.25) is 4.79 Å². The minimum atomic E-state index is -0.229. The molecule has 5 nitrogen and oxygen atoms in total. The number of hydrogen-bond acceptors (Lipinski definition) is 5. The lowest BCUT2D eigenvalue weighted by Gasteiger charge is -2.17. The van der Waals surface area contributed by atoms with Crippen LogP contribution in [0.2, 0.25) is 10.0 Å². The molecule has 1 aromatic heterocycles. The second-order valence-electron chi connectivity index (χ2n) is 5.67. The maximum Gasteiger partial charge on any atom is 0.277 e. The number of amides is 1. The molecule has 2 aromatic rings. The van der Waals surface area contributed by atoms with Crippen molar-refractivity contribution in [1.82, 2.24) is 10.2 Å². The molecule has 1 aromatic carbocycles. The first-order valence-corrected chi connectivity index (χ1v) is 9.57. The van der Waals surface area contributed by atoms with Crippen molar-refractivity contribution in [2.24, 2.45) is 0 Å². The van der Waals surface area contributed by atoms with Gasteiger partial charge in [-0.25, -0.2) is 0 Å². The average Bonchev–Trinajstić information content (AvgIpc) is 3.06. The van der Waals surface area contributed by atoms with Crippen LogP contribution < -0.4 is 5.32 Å². The van der Waals surface area contributed by atoms with Crippen molar-refractivity contribution in [2.45, 2.75) is 43.2 Å². The zero-order valence-corrected chi connectivity index (χ0v) is 15.3. The summed E-state index contributed by atoms with van der Waals surface area (Å²) < 4.78 is 5.68. The molecule has 24 heavy (non-hydrogen) atoms.